The quantitative estimate of drug-likeness (QED) is 0.838. The van der Waals surface area contributed by atoms with Crippen molar-refractivity contribution < 1.29 is 0 Å². The fourth-order valence-corrected chi connectivity index (χ4v) is 4.01. The molecule has 1 fully saturated rings. The van der Waals surface area contributed by atoms with Crippen LogP contribution < -0.4 is 5.32 Å². The first-order valence-corrected chi connectivity index (χ1v) is 7.88. The minimum absolute atomic E-state index is 0.484. The van der Waals surface area contributed by atoms with Gasteiger partial charge in [0.15, 0.2) is 0 Å². The number of fused-ring (bicyclic) bond motifs is 1. The Labute approximate surface area is 122 Å². The predicted molar refractivity (Wildman–Crippen MR) is 87.0 cm³/mol. The molecular formula is C19H25N. The lowest BCUT2D eigenvalue weighted by Gasteiger charge is -2.28. The van der Waals surface area contributed by atoms with E-state index in [-0.39, 0.29) is 0 Å². The summed E-state index contributed by atoms with van der Waals surface area (Å²) in [6.45, 7) is 4.62. The molecule has 0 radical (unpaired) electrons. The fraction of sp³-hybridized carbons (Fsp3) is 0.474. The van der Waals surface area contributed by atoms with Crippen LogP contribution in [0.5, 0.6) is 0 Å². The first kappa shape index (κ1) is 13.6. The zero-order chi connectivity index (χ0) is 14.1. The summed E-state index contributed by atoms with van der Waals surface area (Å²) < 4.78 is 0. The average molecular weight is 267 g/mol. The van der Waals surface area contributed by atoms with E-state index in [9.17, 15) is 0 Å². The summed E-state index contributed by atoms with van der Waals surface area (Å²) in [7, 11) is 2.12. The zero-order valence-electron chi connectivity index (χ0n) is 12.8. The van der Waals surface area contributed by atoms with Gasteiger partial charge in [0.1, 0.15) is 0 Å². The Balaban J connectivity index is 2.10. The minimum atomic E-state index is 0.484. The van der Waals surface area contributed by atoms with E-state index in [0.29, 0.717) is 6.04 Å². The SMILES string of the molecule is CNC(c1ccc(C)c2ccccc12)C1CCCC1C. The topological polar surface area (TPSA) is 12.0 Å². The zero-order valence-corrected chi connectivity index (χ0v) is 12.8. The Hall–Kier alpha value is -1.34. The number of rotatable bonds is 3. The van der Waals surface area contributed by atoms with E-state index in [1.54, 1.807) is 0 Å². The van der Waals surface area contributed by atoms with Gasteiger partial charge in [-0.1, -0.05) is 56.2 Å². The van der Waals surface area contributed by atoms with Gasteiger partial charge in [0.2, 0.25) is 0 Å². The Morgan fingerprint density at radius 3 is 2.45 bits per heavy atom. The number of benzene rings is 2. The van der Waals surface area contributed by atoms with Crippen molar-refractivity contribution in [3.05, 3.63) is 47.5 Å². The molecule has 20 heavy (non-hydrogen) atoms. The van der Waals surface area contributed by atoms with Gasteiger partial charge in [-0.15, -0.1) is 0 Å². The van der Waals surface area contributed by atoms with Crippen molar-refractivity contribution in [2.24, 2.45) is 11.8 Å². The summed E-state index contributed by atoms with van der Waals surface area (Å²) in [5.74, 6) is 1.60. The average Bonchev–Trinajstić information content (AvgIpc) is 2.89. The van der Waals surface area contributed by atoms with E-state index in [0.717, 1.165) is 11.8 Å². The molecular weight excluding hydrogens is 242 g/mol. The van der Waals surface area contributed by atoms with Gasteiger partial charge in [-0.3, -0.25) is 0 Å². The molecule has 1 aliphatic rings. The first-order valence-electron chi connectivity index (χ1n) is 7.88. The molecule has 0 amide bonds. The highest BCUT2D eigenvalue weighted by atomic mass is 14.9. The van der Waals surface area contributed by atoms with Crippen molar-refractivity contribution in [2.45, 2.75) is 39.2 Å². The number of aryl methyl sites for hydroxylation is 1. The normalized spacial score (nSPS) is 24.1. The van der Waals surface area contributed by atoms with Gasteiger partial charge in [-0.25, -0.2) is 0 Å². The van der Waals surface area contributed by atoms with Crippen LogP contribution in [0.25, 0.3) is 10.8 Å². The minimum Gasteiger partial charge on any atom is -0.313 e. The Morgan fingerprint density at radius 1 is 1.05 bits per heavy atom. The molecule has 0 aliphatic heterocycles. The van der Waals surface area contributed by atoms with Gasteiger partial charge in [0, 0.05) is 6.04 Å². The number of hydrogen-bond donors (Lipinski definition) is 1. The summed E-state index contributed by atoms with van der Waals surface area (Å²) in [5, 5.41) is 6.42. The monoisotopic (exact) mass is 267 g/mol. The Kier molecular flexibility index (Phi) is 3.80. The van der Waals surface area contributed by atoms with Crippen molar-refractivity contribution >= 4 is 10.8 Å². The molecule has 3 rings (SSSR count). The number of hydrogen-bond acceptors (Lipinski definition) is 1. The lowest BCUT2D eigenvalue weighted by molar-refractivity contribution is 0.317. The van der Waals surface area contributed by atoms with Crippen molar-refractivity contribution in [1.82, 2.24) is 5.32 Å². The number of nitrogens with one attached hydrogen (secondary N) is 1. The Bertz CT molecular complexity index is 602. The van der Waals surface area contributed by atoms with Crippen molar-refractivity contribution in [1.29, 1.82) is 0 Å². The highest BCUT2D eigenvalue weighted by molar-refractivity contribution is 5.89. The van der Waals surface area contributed by atoms with Crippen LogP contribution in [0, 0.1) is 18.8 Å². The van der Waals surface area contributed by atoms with Crippen LogP contribution in [0.3, 0.4) is 0 Å². The maximum Gasteiger partial charge on any atom is 0.0354 e. The summed E-state index contributed by atoms with van der Waals surface area (Å²) >= 11 is 0. The van der Waals surface area contributed by atoms with Crippen LogP contribution in [-0.2, 0) is 0 Å². The van der Waals surface area contributed by atoms with E-state index >= 15 is 0 Å². The molecule has 106 valence electrons. The molecule has 2 aromatic rings. The standard InChI is InChI=1S/C19H25N/c1-13-7-6-10-16(13)19(20-3)18-12-11-14(2)15-8-4-5-9-17(15)18/h4-5,8-9,11-13,16,19-20H,6-7,10H2,1-3H3. The summed E-state index contributed by atoms with van der Waals surface area (Å²) in [5.41, 5.74) is 2.85. The van der Waals surface area contributed by atoms with E-state index in [1.807, 2.05) is 0 Å². The highest BCUT2D eigenvalue weighted by Gasteiger charge is 2.31. The van der Waals surface area contributed by atoms with Gasteiger partial charge in [0.25, 0.3) is 0 Å². The van der Waals surface area contributed by atoms with Crippen LogP contribution in [0.4, 0.5) is 0 Å². The summed E-state index contributed by atoms with van der Waals surface area (Å²) in [6.07, 6.45) is 4.12. The third kappa shape index (κ3) is 2.25. The molecule has 1 nitrogen and oxygen atoms in total. The third-order valence-electron chi connectivity index (χ3n) is 5.18. The second-order valence-corrected chi connectivity index (χ2v) is 6.36. The molecule has 1 aliphatic carbocycles. The van der Waals surface area contributed by atoms with Gasteiger partial charge in [-0.2, -0.15) is 0 Å². The molecule has 1 N–H and O–H groups in total. The summed E-state index contributed by atoms with van der Waals surface area (Å²) in [6, 6.07) is 13.9. The fourth-order valence-electron chi connectivity index (χ4n) is 4.01. The van der Waals surface area contributed by atoms with E-state index < -0.39 is 0 Å². The molecule has 1 heteroatoms. The van der Waals surface area contributed by atoms with Crippen LogP contribution >= 0.6 is 0 Å². The van der Waals surface area contributed by atoms with Crippen LogP contribution in [-0.4, -0.2) is 7.05 Å². The van der Waals surface area contributed by atoms with Crippen molar-refractivity contribution in [3.8, 4) is 0 Å². The first-order chi connectivity index (χ1) is 9.72. The van der Waals surface area contributed by atoms with Crippen molar-refractivity contribution in [2.75, 3.05) is 7.05 Å². The molecule has 2 aromatic carbocycles. The van der Waals surface area contributed by atoms with Gasteiger partial charge in [0.05, 0.1) is 0 Å². The largest absolute Gasteiger partial charge is 0.313 e. The Morgan fingerprint density at radius 2 is 1.80 bits per heavy atom. The van der Waals surface area contributed by atoms with Gasteiger partial charge >= 0.3 is 0 Å². The lowest BCUT2D eigenvalue weighted by atomic mass is 9.83. The molecule has 0 saturated heterocycles. The van der Waals surface area contributed by atoms with Crippen LogP contribution in [0.1, 0.15) is 43.4 Å². The van der Waals surface area contributed by atoms with Gasteiger partial charge < -0.3 is 5.32 Å². The van der Waals surface area contributed by atoms with Crippen molar-refractivity contribution in [3.63, 3.8) is 0 Å². The maximum atomic E-state index is 3.60. The third-order valence-corrected chi connectivity index (χ3v) is 5.18. The summed E-state index contributed by atoms with van der Waals surface area (Å²) in [4.78, 5) is 0. The highest BCUT2D eigenvalue weighted by Crippen LogP contribution is 2.41. The van der Waals surface area contributed by atoms with Crippen LogP contribution in [0.2, 0.25) is 0 Å². The molecule has 0 aromatic heterocycles. The van der Waals surface area contributed by atoms with Crippen LogP contribution in [0.15, 0.2) is 36.4 Å². The van der Waals surface area contributed by atoms with E-state index in [1.165, 1.54) is 41.2 Å². The van der Waals surface area contributed by atoms with E-state index in [4.69, 9.17) is 0 Å². The second-order valence-electron chi connectivity index (χ2n) is 6.36. The maximum absolute atomic E-state index is 3.60. The van der Waals surface area contributed by atoms with E-state index in [2.05, 4.69) is 62.6 Å². The van der Waals surface area contributed by atoms with Gasteiger partial charge in [-0.05, 0) is 54.1 Å². The molecule has 0 bridgehead atoms. The molecule has 1 saturated carbocycles. The smallest absolute Gasteiger partial charge is 0.0354 e. The molecule has 3 atom stereocenters. The molecule has 0 spiro atoms. The molecule has 0 heterocycles. The predicted octanol–water partition coefficient (Wildman–Crippen LogP) is 4.84. The molecule has 3 unspecified atom stereocenters. The second kappa shape index (κ2) is 5.57. The lowest BCUT2D eigenvalue weighted by Crippen LogP contribution is -2.27.